The number of halogens is 3. The zero-order valence-corrected chi connectivity index (χ0v) is 15.2. The fourth-order valence-corrected chi connectivity index (χ4v) is 4.34. The van der Waals surface area contributed by atoms with Crippen molar-refractivity contribution in [2.45, 2.75) is 51.4 Å². The molecule has 3 fully saturated rings. The number of pyridine rings is 1. The average Bonchev–Trinajstić information content (AvgIpc) is 3.25. The first-order valence-corrected chi connectivity index (χ1v) is 9.25. The number of anilines is 1. The van der Waals surface area contributed by atoms with Crippen LogP contribution in [0.5, 0.6) is 0 Å². The van der Waals surface area contributed by atoms with Crippen molar-refractivity contribution < 1.29 is 18.3 Å². The number of alkyl halides is 3. The number of aliphatic hydroxyl groups excluding tert-OH is 1. The molecule has 5 nitrogen and oxygen atoms in total. The Bertz CT molecular complexity index is 855. The van der Waals surface area contributed by atoms with Crippen LogP contribution in [0.4, 0.5) is 19.0 Å². The molecule has 2 bridgehead atoms. The summed E-state index contributed by atoms with van der Waals surface area (Å²) in [5.74, 6) is 1.19. The van der Waals surface area contributed by atoms with Gasteiger partial charge >= 0.3 is 6.18 Å². The minimum atomic E-state index is -4.58. The highest BCUT2D eigenvalue weighted by Crippen LogP contribution is 2.55. The molecule has 2 aromatic heterocycles. The third-order valence-electron chi connectivity index (χ3n) is 5.93. The van der Waals surface area contributed by atoms with Gasteiger partial charge in [0.25, 0.3) is 0 Å². The summed E-state index contributed by atoms with van der Waals surface area (Å²) in [6, 6.07) is 1.23. The highest BCUT2D eigenvalue weighted by Gasteiger charge is 2.46. The van der Waals surface area contributed by atoms with Crippen LogP contribution in [0.15, 0.2) is 18.5 Å². The minimum absolute atomic E-state index is 0.0503. The van der Waals surface area contributed by atoms with Crippen LogP contribution in [0.2, 0.25) is 0 Å². The predicted octanol–water partition coefficient (Wildman–Crippen LogP) is 4.21. The van der Waals surface area contributed by atoms with Gasteiger partial charge in [-0.25, -0.2) is 9.97 Å². The van der Waals surface area contributed by atoms with Crippen molar-refractivity contribution in [1.29, 1.82) is 0 Å². The lowest BCUT2D eigenvalue weighted by molar-refractivity contribution is -0.137. The number of imidazole rings is 1. The number of rotatable bonds is 4. The minimum Gasteiger partial charge on any atom is -0.385 e. The maximum atomic E-state index is 13.2. The SMILES string of the molecule is CC(C)C(O)c1nc(-c2cnc(N)c(C(F)(F)F)c2)cn1[C@H]1CC2CC1C2. The molecule has 0 amide bonds. The number of nitrogens with two attached hydrogens (primary N) is 1. The van der Waals surface area contributed by atoms with Gasteiger partial charge in [-0.15, -0.1) is 0 Å². The van der Waals surface area contributed by atoms with Crippen molar-refractivity contribution in [3.63, 3.8) is 0 Å². The molecule has 5 rings (SSSR count). The van der Waals surface area contributed by atoms with Gasteiger partial charge in [0.15, 0.2) is 0 Å². The molecule has 2 aromatic rings. The largest absolute Gasteiger partial charge is 0.419 e. The Morgan fingerprint density at radius 1 is 1.26 bits per heavy atom. The summed E-state index contributed by atoms with van der Waals surface area (Å²) in [7, 11) is 0. The van der Waals surface area contributed by atoms with E-state index >= 15 is 0 Å². The number of nitrogen functional groups attached to an aromatic ring is 1. The molecule has 3 aliphatic carbocycles. The van der Waals surface area contributed by atoms with Crippen LogP contribution in [-0.2, 0) is 6.18 Å². The molecule has 0 spiro atoms. The van der Waals surface area contributed by atoms with Crippen LogP contribution >= 0.6 is 0 Å². The first kappa shape index (κ1) is 18.3. The summed E-state index contributed by atoms with van der Waals surface area (Å²) in [4.78, 5) is 8.22. The van der Waals surface area contributed by atoms with E-state index in [1.807, 2.05) is 18.4 Å². The van der Waals surface area contributed by atoms with Gasteiger partial charge in [0, 0.05) is 24.0 Å². The van der Waals surface area contributed by atoms with Gasteiger partial charge in [-0.3, -0.25) is 0 Å². The molecule has 2 atom stereocenters. The van der Waals surface area contributed by atoms with Crippen LogP contribution < -0.4 is 5.73 Å². The molecular formula is C19H23F3N4O. The lowest BCUT2D eigenvalue weighted by atomic mass is 9.84. The Balaban J connectivity index is 1.78. The first-order chi connectivity index (χ1) is 12.6. The topological polar surface area (TPSA) is 77.0 Å². The summed E-state index contributed by atoms with van der Waals surface area (Å²) < 4.78 is 41.5. The molecule has 3 aliphatic rings. The Labute approximate surface area is 155 Å². The number of hydrogen-bond donors (Lipinski definition) is 2. The van der Waals surface area contributed by atoms with Crippen LogP contribution in [-0.4, -0.2) is 19.6 Å². The third-order valence-corrected chi connectivity index (χ3v) is 5.93. The van der Waals surface area contributed by atoms with Gasteiger partial charge < -0.3 is 15.4 Å². The quantitative estimate of drug-likeness (QED) is 0.833. The Morgan fingerprint density at radius 2 is 1.96 bits per heavy atom. The van der Waals surface area contributed by atoms with E-state index in [4.69, 9.17) is 5.73 Å². The Morgan fingerprint density at radius 3 is 2.52 bits per heavy atom. The average molecular weight is 380 g/mol. The molecule has 0 aromatic carbocycles. The molecule has 0 aliphatic heterocycles. The standard InChI is InChI=1S/C19H23F3N4O/c1-9(2)16(27)18-25-14(8-26(18)15-5-10-3-11(15)4-10)12-6-13(19(20,21)22)17(23)24-7-12/h6-11,15-16,27H,3-5H2,1-2H3,(H2,23,24)/t10?,11?,15-,16?/m0/s1. The fraction of sp³-hybridized carbons (Fsp3) is 0.579. The molecule has 2 heterocycles. The molecular weight excluding hydrogens is 357 g/mol. The fourth-order valence-electron chi connectivity index (χ4n) is 4.34. The number of nitrogens with zero attached hydrogens (tertiary/aromatic N) is 3. The van der Waals surface area contributed by atoms with Crippen LogP contribution in [0.1, 0.15) is 56.6 Å². The van der Waals surface area contributed by atoms with E-state index in [0.717, 1.165) is 12.5 Å². The van der Waals surface area contributed by atoms with Crippen LogP contribution in [0, 0.1) is 17.8 Å². The van der Waals surface area contributed by atoms with E-state index in [2.05, 4.69) is 9.97 Å². The third kappa shape index (κ3) is 3.09. The number of fused-ring (bicyclic) bond motifs is 1. The first-order valence-electron chi connectivity index (χ1n) is 9.25. The van der Waals surface area contributed by atoms with Gasteiger partial charge in [0.05, 0.1) is 11.3 Å². The van der Waals surface area contributed by atoms with Gasteiger partial charge in [0.2, 0.25) is 0 Å². The number of hydrogen-bond acceptors (Lipinski definition) is 4. The maximum absolute atomic E-state index is 13.2. The second kappa shape index (κ2) is 6.22. The molecule has 8 heteroatoms. The van der Waals surface area contributed by atoms with Crippen molar-refractivity contribution in [2.24, 2.45) is 17.8 Å². The molecule has 3 N–H and O–H groups in total. The maximum Gasteiger partial charge on any atom is 0.419 e. The molecule has 0 saturated heterocycles. The normalized spacial score (nSPS) is 25.7. The Hall–Kier alpha value is -2.09. The molecule has 0 radical (unpaired) electrons. The second-order valence-electron chi connectivity index (χ2n) is 8.14. The van der Waals surface area contributed by atoms with Crippen molar-refractivity contribution >= 4 is 5.82 Å². The van der Waals surface area contributed by atoms with E-state index in [0.29, 0.717) is 23.4 Å². The Kier molecular flexibility index (Phi) is 4.21. The van der Waals surface area contributed by atoms with Gasteiger partial charge in [-0.05, 0) is 43.1 Å². The van der Waals surface area contributed by atoms with Crippen molar-refractivity contribution in [3.8, 4) is 11.3 Å². The highest BCUT2D eigenvalue weighted by atomic mass is 19.4. The van der Waals surface area contributed by atoms with E-state index in [-0.39, 0.29) is 17.5 Å². The van der Waals surface area contributed by atoms with Gasteiger partial charge in [-0.2, -0.15) is 13.2 Å². The lowest BCUT2D eigenvalue weighted by Gasteiger charge is -2.26. The molecule has 146 valence electrons. The van der Waals surface area contributed by atoms with E-state index in [9.17, 15) is 18.3 Å². The smallest absolute Gasteiger partial charge is 0.385 e. The predicted molar refractivity (Wildman–Crippen MR) is 94.5 cm³/mol. The highest BCUT2D eigenvalue weighted by molar-refractivity contribution is 5.62. The molecule has 3 saturated carbocycles. The summed E-state index contributed by atoms with van der Waals surface area (Å²) in [6.07, 6.45) is 1.10. The van der Waals surface area contributed by atoms with Gasteiger partial charge in [0.1, 0.15) is 17.7 Å². The number of aliphatic hydroxyl groups is 1. The van der Waals surface area contributed by atoms with E-state index in [1.54, 1.807) is 6.20 Å². The lowest BCUT2D eigenvalue weighted by Crippen LogP contribution is -2.20. The van der Waals surface area contributed by atoms with Crippen LogP contribution in [0.3, 0.4) is 0 Å². The van der Waals surface area contributed by atoms with Crippen LogP contribution in [0.25, 0.3) is 11.3 Å². The summed E-state index contributed by atoms with van der Waals surface area (Å²) in [6.45, 7) is 3.79. The van der Waals surface area contributed by atoms with Crippen molar-refractivity contribution in [2.75, 3.05) is 5.73 Å². The zero-order valence-electron chi connectivity index (χ0n) is 15.2. The zero-order chi connectivity index (χ0) is 19.5. The van der Waals surface area contributed by atoms with Crippen molar-refractivity contribution in [3.05, 3.63) is 29.8 Å². The van der Waals surface area contributed by atoms with E-state index < -0.39 is 23.7 Å². The molecule has 1 unspecified atom stereocenters. The van der Waals surface area contributed by atoms with E-state index in [1.165, 1.54) is 19.0 Å². The summed E-state index contributed by atoms with van der Waals surface area (Å²) >= 11 is 0. The number of aromatic nitrogens is 3. The molecule has 27 heavy (non-hydrogen) atoms. The van der Waals surface area contributed by atoms with Gasteiger partial charge in [-0.1, -0.05) is 13.8 Å². The van der Waals surface area contributed by atoms with Crippen molar-refractivity contribution in [1.82, 2.24) is 14.5 Å². The summed E-state index contributed by atoms with van der Waals surface area (Å²) in [5.41, 5.74) is 5.06. The monoisotopic (exact) mass is 380 g/mol. The second-order valence-corrected chi connectivity index (χ2v) is 8.14. The summed E-state index contributed by atoms with van der Waals surface area (Å²) in [5, 5.41) is 10.6.